The highest BCUT2D eigenvalue weighted by atomic mass is 16.2. The van der Waals surface area contributed by atoms with E-state index in [2.05, 4.69) is 37.8 Å². The molecule has 5 atom stereocenters. The van der Waals surface area contributed by atoms with Gasteiger partial charge in [0, 0.05) is 25.5 Å². The van der Waals surface area contributed by atoms with E-state index in [1.54, 1.807) is 19.1 Å². The van der Waals surface area contributed by atoms with E-state index in [0.29, 0.717) is 6.42 Å². The normalized spacial score (nSPS) is 20.1. The third kappa shape index (κ3) is 10.5. The van der Waals surface area contributed by atoms with Gasteiger partial charge in [0.15, 0.2) is 0 Å². The van der Waals surface area contributed by atoms with Crippen LogP contribution in [0.4, 0.5) is 0 Å². The zero-order chi connectivity index (χ0) is 37.0. The number of aromatic nitrogens is 2. The van der Waals surface area contributed by atoms with Crippen LogP contribution in [0.3, 0.4) is 0 Å². The largest absolute Gasteiger partial charge is 0.346 e. The lowest BCUT2D eigenvalue weighted by molar-refractivity contribution is -0.146. The Bertz CT molecular complexity index is 1400. The second kappa shape index (κ2) is 18.5. The van der Waals surface area contributed by atoms with Gasteiger partial charge in [0.05, 0.1) is 6.20 Å². The van der Waals surface area contributed by atoms with Gasteiger partial charge in [-0.25, -0.2) is 4.98 Å². The predicted molar refractivity (Wildman–Crippen MR) is 189 cm³/mol. The second-order valence-corrected chi connectivity index (χ2v) is 14.6. The smallest absolute Gasteiger partial charge is 0.289 e. The zero-order valence-corrected chi connectivity index (χ0v) is 30.4. The number of hydrogen-bond donors (Lipinski definition) is 4. The van der Waals surface area contributed by atoms with Crippen LogP contribution in [-0.2, 0) is 24.0 Å². The molecule has 0 bridgehead atoms. The number of carbonyl (C=O) groups is 6. The molecule has 0 aromatic carbocycles. The molecule has 0 spiro atoms. The highest BCUT2D eigenvalue weighted by molar-refractivity contribution is 6.38. The first-order valence-corrected chi connectivity index (χ1v) is 17.7. The molecule has 274 valence electrons. The summed E-state index contributed by atoms with van der Waals surface area (Å²) in [6.07, 6.45) is 14.1. The van der Waals surface area contributed by atoms with Crippen molar-refractivity contribution in [2.45, 2.75) is 111 Å². The van der Waals surface area contributed by atoms with E-state index in [0.717, 1.165) is 32.1 Å². The summed E-state index contributed by atoms with van der Waals surface area (Å²) in [6.45, 7) is 15.1. The lowest BCUT2D eigenvalue weighted by atomic mass is 9.82. The minimum atomic E-state index is -1.14. The number of ketones is 1. The van der Waals surface area contributed by atoms with Gasteiger partial charge in [-0.2, -0.15) is 0 Å². The maximum absolute atomic E-state index is 14.5. The van der Waals surface area contributed by atoms with Crippen LogP contribution in [-0.4, -0.2) is 87.4 Å². The number of likely N-dealkylation sites (tertiary alicyclic amines) is 1. The molecule has 2 aliphatic rings. The minimum Gasteiger partial charge on any atom is -0.346 e. The molecule has 2 fully saturated rings. The first-order chi connectivity index (χ1) is 23.7. The Morgan fingerprint density at radius 1 is 1.00 bits per heavy atom. The molecule has 1 unspecified atom stereocenters. The standard InChI is InChI=1S/C37H55N7O6/c1-8-10-16-26(30(45)35(49)40-18-9-2)41-34(48)29-25(23(3)4)17-21-44(29)36(50)31(37(5,6)7)43-33(47)28(24-14-12-11-13-15-24)42-32(46)27-22-38-19-20-39-27/h8-10,19-20,22-26,28-29,31H,2,11-18,21H2,1,3-7H3,(H,40,49)(H,41,48)(H,42,46)(H,43,47)/b10-8-/t25-,26?,28+,29+,31-/m1/s1. The van der Waals surface area contributed by atoms with E-state index < -0.39 is 64.9 Å². The van der Waals surface area contributed by atoms with Gasteiger partial charge in [-0.3, -0.25) is 33.8 Å². The molecular weight excluding hydrogens is 638 g/mol. The lowest BCUT2D eigenvalue weighted by Gasteiger charge is -2.38. The summed E-state index contributed by atoms with van der Waals surface area (Å²) in [4.78, 5) is 91.1. The van der Waals surface area contributed by atoms with Crippen LogP contribution in [0.15, 0.2) is 43.4 Å². The molecule has 1 saturated heterocycles. The van der Waals surface area contributed by atoms with E-state index in [1.165, 1.54) is 29.6 Å². The molecule has 1 aromatic rings. The van der Waals surface area contributed by atoms with Crippen LogP contribution in [0.5, 0.6) is 0 Å². The monoisotopic (exact) mass is 693 g/mol. The zero-order valence-electron chi connectivity index (χ0n) is 30.4. The Hall–Kier alpha value is -4.42. The van der Waals surface area contributed by atoms with Crippen molar-refractivity contribution in [3.63, 3.8) is 0 Å². The third-order valence-electron chi connectivity index (χ3n) is 9.61. The Morgan fingerprint density at radius 3 is 2.28 bits per heavy atom. The molecule has 1 aliphatic carbocycles. The van der Waals surface area contributed by atoms with Gasteiger partial charge in [-0.15, -0.1) is 6.58 Å². The maximum atomic E-state index is 14.5. The second-order valence-electron chi connectivity index (χ2n) is 14.6. The Balaban J connectivity index is 1.90. The number of carbonyl (C=O) groups excluding carboxylic acids is 6. The first-order valence-electron chi connectivity index (χ1n) is 17.7. The van der Waals surface area contributed by atoms with Crippen LogP contribution in [0, 0.1) is 23.2 Å². The lowest BCUT2D eigenvalue weighted by Crippen LogP contribution is -2.62. The van der Waals surface area contributed by atoms with Crippen molar-refractivity contribution in [3.05, 3.63) is 49.1 Å². The van der Waals surface area contributed by atoms with Gasteiger partial charge < -0.3 is 26.2 Å². The van der Waals surface area contributed by atoms with Crippen LogP contribution in [0.2, 0.25) is 0 Å². The van der Waals surface area contributed by atoms with E-state index >= 15 is 0 Å². The summed E-state index contributed by atoms with van der Waals surface area (Å²) in [5.74, 6) is -3.97. The fourth-order valence-electron chi connectivity index (χ4n) is 6.81. The van der Waals surface area contributed by atoms with Gasteiger partial charge in [-0.1, -0.05) is 72.1 Å². The third-order valence-corrected chi connectivity index (χ3v) is 9.61. The molecule has 13 nitrogen and oxygen atoms in total. The van der Waals surface area contributed by atoms with Crippen LogP contribution in [0.25, 0.3) is 0 Å². The molecule has 50 heavy (non-hydrogen) atoms. The molecule has 13 heteroatoms. The molecule has 0 radical (unpaired) electrons. The maximum Gasteiger partial charge on any atom is 0.289 e. The molecular formula is C37H55N7O6. The summed E-state index contributed by atoms with van der Waals surface area (Å²) >= 11 is 0. The highest BCUT2D eigenvalue weighted by Crippen LogP contribution is 2.34. The average molecular weight is 694 g/mol. The van der Waals surface area contributed by atoms with Crippen molar-refractivity contribution in [3.8, 4) is 0 Å². The number of nitrogens with one attached hydrogen (secondary N) is 4. The number of hydrogen-bond acceptors (Lipinski definition) is 8. The number of nitrogens with zero attached hydrogens (tertiary/aromatic N) is 3. The fourth-order valence-corrected chi connectivity index (χ4v) is 6.81. The van der Waals surface area contributed by atoms with Gasteiger partial charge in [-0.05, 0) is 55.8 Å². The number of allylic oxidation sites excluding steroid dienone is 1. The Labute approximate surface area is 295 Å². The van der Waals surface area contributed by atoms with Gasteiger partial charge in [0.25, 0.3) is 11.8 Å². The molecule has 5 amide bonds. The summed E-state index contributed by atoms with van der Waals surface area (Å²) in [6, 6.07) is -4.02. The minimum absolute atomic E-state index is 0.0128. The van der Waals surface area contributed by atoms with E-state index in [9.17, 15) is 28.8 Å². The SMILES string of the molecule is C=CCNC(=O)C(=O)C(C/C=C\C)NC(=O)[C@@H]1[C@@H](C(C)C)CCN1C(=O)[C@@H](NC(=O)[C@@H](NC(=O)c1cnccn1)C1CCCCC1)C(C)(C)C. The van der Waals surface area contributed by atoms with Gasteiger partial charge in [0.1, 0.15) is 29.9 Å². The molecule has 4 N–H and O–H groups in total. The quantitative estimate of drug-likeness (QED) is 0.160. The van der Waals surface area contributed by atoms with Crippen LogP contribution >= 0.6 is 0 Å². The van der Waals surface area contributed by atoms with E-state index in [4.69, 9.17) is 0 Å². The van der Waals surface area contributed by atoms with Gasteiger partial charge in [0.2, 0.25) is 23.5 Å². The predicted octanol–water partition coefficient (Wildman–Crippen LogP) is 2.88. The Kier molecular flexibility index (Phi) is 14.8. The average Bonchev–Trinajstić information content (AvgIpc) is 3.56. The topological polar surface area (TPSA) is 180 Å². The summed E-state index contributed by atoms with van der Waals surface area (Å²) in [7, 11) is 0. The summed E-state index contributed by atoms with van der Waals surface area (Å²) < 4.78 is 0. The molecule has 1 saturated carbocycles. The van der Waals surface area contributed by atoms with E-state index in [-0.39, 0.29) is 43.0 Å². The van der Waals surface area contributed by atoms with Crippen molar-refractivity contribution >= 4 is 35.3 Å². The highest BCUT2D eigenvalue weighted by Gasteiger charge is 2.48. The van der Waals surface area contributed by atoms with Crippen LogP contribution in [0.1, 0.15) is 97.0 Å². The fraction of sp³-hybridized carbons (Fsp3) is 0.622. The van der Waals surface area contributed by atoms with E-state index in [1.807, 2.05) is 34.6 Å². The van der Waals surface area contributed by atoms with Crippen molar-refractivity contribution in [1.29, 1.82) is 0 Å². The Morgan fingerprint density at radius 2 is 1.70 bits per heavy atom. The van der Waals surface area contributed by atoms with Gasteiger partial charge >= 0.3 is 0 Å². The first kappa shape index (κ1) is 40.0. The molecule has 1 aromatic heterocycles. The number of rotatable bonds is 15. The van der Waals surface area contributed by atoms with Crippen LogP contribution < -0.4 is 21.3 Å². The van der Waals surface area contributed by atoms with Crippen molar-refractivity contribution in [1.82, 2.24) is 36.1 Å². The molecule has 1 aliphatic heterocycles. The van der Waals surface area contributed by atoms with Crippen molar-refractivity contribution in [2.75, 3.05) is 13.1 Å². The number of amides is 5. The molecule has 2 heterocycles. The van der Waals surface area contributed by atoms with Crippen molar-refractivity contribution in [2.24, 2.45) is 23.2 Å². The van der Waals surface area contributed by atoms with Crippen molar-refractivity contribution < 1.29 is 28.8 Å². The summed E-state index contributed by atoms with van der Waals surface area (Å²) in [5, 5.41) is 11.1. The number of Topliss-reactive ketones (excluding diaryl/α,β-unsaturated/α-hetero) is 1. The molecule has 3 rings (SSSR count). The summed E-state index contributed by atoms with van der Waals surface area (Å²) in [5.41, 5.74) is -0.691.